The monoisotopic (exact) mass is 291 g/mol. The first-order chi connectivity index (χ1) is 9.24. The molecule has 0 aliphatic rings. The van der Waals surface area contributed by atoms with Crippen molar-refractivity contribution in [2.45, 2.75) is 20.0 Å². The molecule has 0 radical (unpaired) electrons. The van der Waals surface area contributed by atoms with E-state index >= 15 is 0 Å². The van der Waals surface area contributed by atoms with E-state index in [1.165, 1.54) is 4.88 Å². The van der Waals surface area contributed by atoms with E-state index in [1.54, 1.807) is 11.3 Å². The molecular weight excluding hydrogens is 278 g/mol. The normalized spacial score (nSPS) is 11.3. The number of aromatic nitrogens is 2. The fraction of sp³-hybridized carbons (Fsp3) is 0.214. The Hall–Kier alpha value is -1.36. The summed E-state index contributed by atoms with van der Waals surface area (Å²) in [6.07, 6.45) is 1.92. The minimum absolute atomic E-state index is 0.727. The summed E-state index contributed by atoms with van der Waals surface area (Å²) in [5, 5.41) is 6.37. The van der Waals surface area contributed by atoms with Crippen LogP contribution in [0.4, 0.5) is 0 Å². The van der Waals surface area contributed by atoms with Gasteiger partial charge in [-0.05, 0) is 13.0 Å². The number of benzene rings is 1. The summed E-state index contributed by atoms with van der Waals surface area (Å²) < 4.78 is 0. The van der Waals surface area contributed by atoms with Crippen LogP contribution in [0.3, 0.4) is 0 Å². The van der Waals surface area contributed by atoms with E-state index in [0.717, 1.165) is 39.7 Å². The van der Waals surface area contributed by atoms with Crippen LogP contribution in [-0.4, -0.2) is 9.97 Å². The van der Waals surface area contributed by atoms with E-state index in [4.69, 9.17) is 11.6 Å². The summed E-state index contributed by atoms with van der Waals surface area (Å²) >= 11 is 8.08. The second-order valence-electron chi connectivity index (χ2n) is 4.41. The zero-order valence-electron chi connectivity index (χ0n) is 10.5. The minimum atomic E-state index is 0.727. The number of nitrogens with zero attached hydrogens (tertiary/aromatic N) is 1. The Morgan fingerprint density at radius 3 is 2.89 bits per heavy atom. The van der Waals surface area contributed by atoms with E-state index in [2.05, 4.69) is 15.3 Å². The van der Waals surface area contributed by atoms with Gasteiger partial charge in [-0.1, -0.05) is 29.8 Å². The fourth-order valence-electron chi connectivity index (χ4n) is 2.08. The molecule has 3 nitrogen and oxygen atoms in total. The van der Waals surface area contributed by atoms with E-state index < -0.39 is 0 Å². The standard InChI is InChI=1S/C14H14ClN3S/c1-9-17-7-10(19-9)6-16-8-13-14(15)11-4-2-3-5-12(11)18-13/h2-5,7,16,18H,6,8H2,1H3. The molecule has 2 heterocycles. The summed E-state index contributed by atoms with van der Waals surface area (Å²) in [5.74, 6) is 0. The molecule has 0 amide bonds. The maximum absolute atomic E-state index is 6.36. The number of thiazole rings is 1. The number of aryl methyl sites for hydroxylation is 1. The first kappa shape index (κ1) is 12.7. The van der Waals surface area contributed by atoms with Crippen molar-refractivity contribution in [3.05, 3.63) is 51.1 Å². The highest BCUT2D eigenvalue weighted by Gasteiger charge is 2.08. The van der Waals surface area contributed by atoms with Crippen molar-refractivity contribution in [2.75, 3.05) is 0 Å². The molecule has 1 aromatic carbocycles. The Bertz CT molecular complexity index is 702. The molecule has 0 atom stereocenters. The van der Waals surface area contributed by atoms with Gasteiger partial charge in [0.05, 0.1) is 10.0 Å². The number of H-pyrrole nitrogens is 1. The van der Waals surface area contributed by atoms with Crippen LogP contribution < -0.4 is 5.32 Å². The Morgan fingerprint density at radius 2 is 2.16 bits per heavy atom. The second kappa shape index (κ2) is 5.33. The number of halogens is 1. The van der Waals surface area contributed by atoms with E-state index in [9.17, 15) is 0 Å². The Balaban J connectivity index is 1.70. The number of fused-ring (bicyclic) bond motifs is 1. The van der Waals surface area contributed by atoms with Crippen LogP contribution in [0.15, 0.2) is 30.5 Å². The number of para-hydroxylation sites is 1. The molecule has 5 heteroatoms. The molecule has 0 bridgehead atoms. The number of hydrogen-bond donors (Lipinski definition) is 2. The van der Waals surface area contributed by atoms with Gasteiger partial charge in [0.1, 0.15) is 0 Å². The van der Waals surface area contributed by atoms with E-state index in [1.807, 2.05) is 37.4 Å². The van der Waals surface area contributed by atoms with Gasteiger partial charge in [-0.2, -0.15) is 0 Å². The van der Waals surface area contributed by atoms with Gasteiger partial charge in [0.2, 0.25) is 0 Å². The summed E-state index contributed by atoms with van der Waals surface area (Å²) in [6.45, 7) is 3.56. The molecule has 0 unspecified atom stereocenters. The molecule has 3 rings (SSSR count). The Labute approximate surface area is 120 Å². The number of rotatable bonds is 4. The topological polar surface area (TPSA) is 40.7 Å². The number of aromatic amines is 1. The van der Waals surface area contributed by atoms with Gasteiger partial charge < -0.3 is 10.3 Å². The zero-order chi connectivity index (χ0) is 13.2. The summed E-state index contributed by atoms with van der Waals surface area (Å²) in [5.41, 5.74) is 2.11. The molecule has 2 aromatic heterocycles. The largest absolute Gasteiger partial charge is 0.356 e. The van der Waals surface area contributed by atoms with Gasteiger partial charge in [0.15, 0.2) is 0 Å². The van der Waals surface area contributed by atoms with Crippen molar-refractivity contribution in [1.82, 2.24) is 15.3 Å². The lowest BCUT2D eigenvalue weighted by Gasteiger charge is -2.01. The van der Waals surface area contributed by atoms with Crippen molar-refractivity contribution < 1.29 is 0 Å². The molecule has 0 saturated heterocycles. The van der Waals surface area contributed by atoms with Crippen LogP contribution in [0, 0.1) is 6.92 Å². The molecule has 0 aliphatic carbocycles. The maximum atomic E-state index is 6.36. The second-order valence-corrected chi connectivity index (χ2v) is 6.11. The molecule has 0 aliphatic heterocycles. The van der Waals surface area contributed by atoms with Gasteiger partial charge in [0, 0.05) is 40.8 Å². The molecule has 98 valence electrons. The average Bonchev–Trinajstić information content (AvgIpc) is 2.96. The SMILES string of the molecule is Cc1ncc(CNCc2[nH]c3ccccc3c2Cl)s1. The first-order valence-corrected chi connectivity index (χ1v) is 7.30. The average molecular weight is 292 g/mol. The lowest BCUT2D eigenvalue weighted by molar-refractivity contribution is 0.690. The Kier molecular flexibility index (Phi) is 3.55. The molecule has 2 N–H and O–H groups in total. The fourth-order valence-corrected chi connectivity index (χ4v) is 3.13. The summed E-state index contributed by atoms with van der Waals surface area (Å²) in [7, 11) is 0. The first-order valence-electron chi connectivity index (χ1n) is 6.11. The highest BCUT2D eigenvalue weighted by atomic mass is 35.5. The van der Waals surface area contributed by atoms with Crippen LogP contribution >= 0.6 is 22.9 Å². The van der Waals surface area contributed by atoms with Gasteiger partial charge in [-0.15, -0.1) is 11.3 Å². The third-order valence-electron chi connectivity index (χ3n) is 2.98. The van der Waals surface area contributed by atoms with Crippen LogP contribution in [0.5, 0.6) is 0 Å². The van der Waals surface area contributed by atoms with Crippen molar-refractivity contribution in [1.29, 1.82) is 0 Å². The molecule has 3 aromatic rings. The predicted molar refractivity (Wildman–Crippen MR) is 80.7 cm³/mol. The molecular formula is C14H14ClN3S. The Morgan fingerprint density at radius 1 is 1.32 bits per heavy atom. The van der Waals surface area contributed by atoms with Gasteiger partial charge in [-0.3, -0.25) is 0 Å². The maximum Gasteiger partial charge on any atom is 0.0897 e. The predicted octanol–water partition coefficient (Wildman–Crippen LogP) is 3.88. The summed E-state index contributed by atoms with van der Waals surface area (Å²) in [6, 6.07) is 8.08. The molecule has 0 spiro atoms. The van der Waals surface area contributed by atoms with Crippen molar-refractivity contribution in [2.24, 2.45) is 0 Å². The van der Waals surface area contributed by atoms with Crippen LogP contribution in [0.1, 0.15) is 15.6 Å². The molecule has 0 saturated carbocycles. The lowest BCUT2D eigenvalue weighted by atomic mass is 10.2. The third kappa shape index (κ3) is 2.66. The van der Waals surface area contributed by atoms with E-state index in [-0.39, 0.29) is 0 Å². The van der Waals surface area contributed by atoms with Crippen molar-refractivity contribution in [3.63, 3.8) is 0 Å². The molecule has 0 fully saturated rings. The van der Waals surface area contributed by atoms with Gasteiger partial charge in [-0.25, -0.2) is 4.98 Å². The smallest absolute Gasteiger partial charge is 0.0897 e. The summed E-state index contributed by atoms with van der Waals surface area (Å²) in [4.78, 5) is 8.83. The highest BCUT2D eigenvalue weighted by Crippen LogP contribution is 2.27. The quantitative estimate of drug-likeness (QED) is 0.766. The van der Waals surface area contributed by atoms with Crippen molar-refractivity contribution in [3.8, 4) is 0 Å². The van der Waals surface area contributed by atoms with Gasteiger partial charge in [0.25, 0.3) is 0 Å². The zero-order valence-corrected chi connectivity index (χ0v) is 12.1. The van der Waals surface area contributed by atoms with Crippen LogP contribution in [-0.2, 0) is 13.1 Å². The number of nitrogens with one attached hydrogen (secondary N) is 2. The minimum Gasteiger partial charge on any atom is -0.356 e. The third-order valence-corrected chi connectivity index (χ3v) is 4.33. The number of hydrogen-bond acceptors (Lipinski definition) is 3. The van der Waals surface area contributed by atoms with Crippen LogP contribution in [0.25, 0.3) is 10.9 Å². The van der Waals surface area contributed by atoms with E-state index in [0.29, 0.717) is 0 Å². The van der Waals surface area contributed by atoms with Gasteiger partial charge >= 0.3 is 0 Å². The van der Waals surface area contributed by atoms with Crippen LogP contribution in [0.2, 0.25) is 5.02 Å². The lowest BCUT2D eigenvalue weighted by Crippen LogP contribution is -2.12. The van der Waals surface area contributed by atoms with Crippen molar-refractivity contribution >= 4 is 33.8 Å². The highest BCUT2D eigenvalue weighted by molar-refractivity contribution is 7.11. The molecule has 19 heavy (non-hydrogen) atoms.